The lowest BCUT2D eigenvalue weighted by molar-refractivity contribution is 0.0520. The SMILES string of the molecule is O=C(Nc1ccccc1-c1nncs1)c1cc(OC[C@@H](O)CO)nc(-c2ccccc2)n1. The van der Waals surface area contributed by atoms with Crippen LogP contribution in [0.15, 0.2) is 66.2 Å². The molecule has 0 radical (unpaired) electrons. The molecule has 0 aliphatic rings. The van der Waals surface area contributed by atoms with E-state index in [9.17, 15) is 9.90 Å². The zero-order valence-electron chi connectivity index (χ0n) is 16.8. The minimum atomic E-state index is -1.07. The summed E-state index contributed by atoms with van der Waals surface area (Å²) in [5, 5.41) is 30.1. The molecule has 0 saturated carbocycles. The minimum Gasteiger partial charge on any atom is -0.475 e. The van der Waals surface area contributed by atoms with Crippen LogP contribution in [0.1, 0.15) is 10.5 Å². The molecule has 0 spiro atoms. The van der Waals surface area contributed by atoms with E-state index in [0.717, 1.165) is 5.56 Å². The van der Waals surface area contributed by atoms with Crippen molar-refractivity contribution >= 4 is 22.9 Å². The Morgan fingerprint density at radius 1 is 1.09 bits per heavy atom. The number of aromatic nitrogens is 4. The predicted molar refractivity (Wildman–Crippen MR) is 119 cm³/mol. The highest BCUT2D eigenvalue weighted by atomic mass is 32.1. The number of para-hydroxylation sites is 1. The lowest BCUT2D eigenvalue weighted by atomic mass is 10.2. The van der Waals surface area contributed by atoms with Gasteiger partial charge in [-0.1, -0.05) is 53.8 Å². The Hall–Kier alpha value is -3.73. The van der Waals surface area contributed by atoms with Crippen LogP contribution >= 0.6 is 11.3 Å². The summed E-state index contributed by atoms with van der Waals surface area (Å²) in [5.74, 6) is -0.0628. The molecule has 0 unspecified atom stereocenters. The number of aliphatic hydroxyl groups excluding tert-OH is 2. The molecule has 0 saturated heterocycles. The first-order chi connectivity index (χ1) is 15.6. The Labute approximate surface area is 187 Å². The van der Waals surface area contributed by atoms with Crippen molar-refractivity contribution in [2.45, 2.75) is 6.10 Å². The van der Waals surface area contributed by atoms with Crippen molar-refractivity contribution < 1.29 is 19.7 Å². The van der Waals surface area contributed by atoms with Gasteiger partial charge < -0.3 is 20.3 Å². The summed E-state index contributed by atoms with van der Waals surface area (Å²) in [4.78, 5) is 21.8. The van der Waals surface area contributed by atoms with Gasteiger partial charge in [0.15, 0.2) is 5.82 Å². The molecule has 10 heteroatoms. The van der Waals surface area contributed by atoms with Gasteiger partial charge in [-0.05, 0) is 12.1 Å². The maximum atomic E-state index is 13.1. The number of amides is 1. The fraction of sp³-hybridized carbons (Fsp3) is 0.136. The lowest BCUT2D eigenvalue weighted by Crippen LogP contribution is -2.22. The zero-order chi connectivity index (χ0) is 22.3. The van der Waals surface area contributed by atoms with Crippen LogP contribution in [-0.4, -0.2) is 55.6 Å². The first-order valence-corrected chi connectivity index (χ1v) is 10.5. The first kappa shape index (κ1) is 21.5. The van der Waals surface area contributed by atoms with E-state index in [4.69, 9.17) is 9.84 Å². The molecule has 1 atom stereocenters. The van der Waals surface area contributed by atoms with Crippen molar-refractivity contribution in [3.8, 4) is 27.8 Å². The summed E-state index contributed by atoms with van der Waals surface area (Å²) in [7, 11) is 0. The van der Waals surface area contributed by atoms with Gasteiger partial charge >= 0.3 is 0 Å². The van der Waals surface area contributed by atoms with Gasteiger partial charge in [0.25, 0.3) is 5.91 Å². The Bertz CT molecular complexity index is 1190. The van der Waals surface area contributed by atoms with Gasteiger partial charge in [-0.3, -0.25) is 4.79 Å². The molecule has 3 N–H and O–H groups in total. The highest BCUT2D eigenvalue weighted by molar-refractivity contribution is 7.12. The summed E-state index contributed by atoms with van der Waals surface area (Å²) in [6.45, 7) is -0.630. The van der Waals surface area contributed by atoms with Gasteiger partial charge in [-0.15, -0.1) is 10.2 Å². The molecule has 0 aliphatic carbocycles. The summed E-state index contributed by atoms with van der Waals surface area (Å²) in [6.07, 6.45) is -1.07. The number of anilines is 1. The van der Waals surface area contributed by atoms with Gasteiger partial charge in [0.2, 0.25) is 5.88 Å². The van der Waals surface area contributed by atoms with Crippen LogP contribution in [0, 0.1) is 0 Å². The quantitative estimate of drug-likeness (QED) is 0.374. The van der Waals surface area contributed by atoms with Crippen LogP contribution in [-0.2, 0) is 0 Å². The van der Waals surface area contributed by atoms with Gasteiger partial charge in [0.05, 0.1) is 12.3 Å². The molecular weight excluding hydrogens is 430 g/mol. The molecule has 1 amide bonds. The molecular formula is C22H19N5O4S. The number of rotatable bonds is 8. The second-order valence-electron chi connectivity index (χ2n) is 6.67. The highest BCUT2D eigenvalue weighted by Crippen LogP contribution is 2.29. The molecule has 9 nitrogen and oxygen atoms in total. The summed E-state index contributed by atoms with van der Waals surface area (Å²) < 4.78 is 5.49. The third-order valence-electron chi connectivity index (χ3n) is 4.37. The topological polar surface area (TPSA) is 130 Å². The maximum Gasteiger partial charge on any atom is 0.274 e. The lowest BCUT2D eigenvalue weighted by Gasteiger charge is -2.13. The first-order valence-electron chi connectivity index (χ1n) is 9.67. The molecule has 0 bridgehead atoms. The van der Waals surface area contributed by atoms with E-state index in [-0.39, 0.29) is 18.2 Å². The largest absolute Gasteiger partial charge is 0.475 e. The van der Waals surface area contributed by atoms with Crippen LogP contribution in [0.2, 0.25) is 0 Å². The van der Waals surface area contributed by atoms with E-state index in [2.05, 4.69) is 25.5 Å². The normalized spacial score (nSPS) is 11.7. The number of hydrogen-bond donors (Lipinski definition) is 3. The Kier molecular flexibility index (Phi) is 6.75. The van der Waals surface area contributed by atoms with Crippen molar-refractivity contribution in [1.82, 2.24) is 20.2 Å². The van der Waals surface area contributed by atoms with Crippen LogP contribution < -0.4 is 10.1 Å². The van der Waals surface area contributed by atoms with Crippen LogP contribution in [0.3, 0.4) is 0 Å². The Morgan fingerprint density at radius 3 is 2.62 bits per heavy atom. The molecule has 32 heavy (non-hydrogen) atoms. The third-order valence-corrected chi connectivity index (χ3v) is 5.09. The molecule has 2 heterocycles. The smallest absolute Gasteiger partial charge is 0.274 e. The van der Waals surface area contributed by atoms with E-state index in [0.29, 0.717) is 22.1 Å². The maximum absolute atomic E-state index is 13.1. The van der Waals surface area contributed by atoms with Crippen molar-refractivity contribution in [3.63, 3.8) is 0 Å². The van der Waals surface area contributed by atoms with Gasteiger partial charge in [-0.2, -0.15) is 4.98 Å². The number of aliphatic hydroxyl groups is 2. The highest BCUT2D eigenvalue weighted by Gasteiger charge is 2.17. The number of benzene rings is 2. The van der Waals surface area contributed by atoms with Crippen molar-refractivity contribution in [2.24, 2.45) is 0 Å². The molecule has 0 aliphatic heterocycles. The van der Waals surface area contributed by atoms with E-state index in [1.807, 2.05) is 42.5 Å². The predicted octanol–water partition coefficient (Wildman–Crippen LogP) is 2.65. The number of carbonyl (C=O) groups excluding carboxylic acids is 1. The van der Waals surface area contributed by atoms with Gasteiger partial charge in [0, 0.05) is 17.2 Å². The second-order valence-corrected chi connectivity index (χ2v) is 7.51. The minimum absolute atomic E-state index is 0.0828. The van der Waals surface area contributed by atoms with Crippen molar-refractivity contribution in [3.05, 3.63) is 71.9 Å². The Balaban J connectivity index is 1.66. The molecule has 2 aromatic carbocycles. The average Bonchev–Trinajstić information content (AvgIpc) is 3.38. The van der Waals surface area contributed by atoms with Crippen LogP contribution in [0.4, 0.5) is 5.69 Å². The summed E-state index contributed by atoms with van der Waals surface area (Å²) >= 11 is 1.36. The van der Waals surface area contributed by atoms with Crippen molar-refractivity contribution in [2.75, 3.05) is 18.5 Å². The molecule has 2 aromatic heterocycles. The van der Waals surface area contributed by atoms with E-state index in [1.54, 1.807) is 17.6 Å². The Morgan fingerprint density at radius 2 is 1.88 bits per heavy atom. The number of nitrogens with zero attached hydrogens (tertiary/aromatic N) is 4. The molecule has 4 aromatic rings. The fourth-order valence-corrected chi connectivity index (χ4v) is 3.41. The number of carbonyl (C=O) groups is 1. The summed E-state index contributed by atoms with van der Waals surface area (Å²) in [6, 6.07) is 17.8. The standard InChI is InChI=1S/C22H19N5O4S/c28-11-15(29)12-31-19-10-18(24-20(26-19)14-6-2-1-3-7-14)21(30)25-17-9-5-4-8-16(17)22-27-23-13-32-22/h1-10,13,15,28-29H,11-12H2,(H,25,30)/t15-/m0/s1. The molecule has 4 rings (SSSR count). The number of ether oxygens (including phenoxy) is 1. The summed E-state index contributed by atoms with van der Waals surface area (Å²) in [5.41, 5.74) is 3.70. The van der Waals surface area contributed by atoms with E-state index in [1.165, 1.54) is 17.4 Å². The zero-order valence-corrected chi connectivity index (χ0v) is 17.6. The van der Waals surface area contributed by atoms with Crippen molar-refractivity contribution in [1.29, 1.82) is 0 Å². The fourth-order valence-electron chi connectivity index (χ4n) is 2.82. The number of hydrogen-bond acceptors (Lipinski definition) is 9. The molecule has 162 valence electrons. The number of nitrogens with one attached hydrogen (secondary N) is 1. The third kappa shape index (κ3) is 5.11. The van der Waals surface area contributed by atoms with E-state index >= 15 is 0 Å². The van der Waals surface area contributed by atoms with Gasteiger partial charge in [-0.25, -0.2) is 4.98 Å². The average molecular weight is 449 g/mol. The second kappa shape index (κ2) is 10.1. The molecule has 0 fully saturated rings. The van der Waals surface area contributed by atoms with E-state index < -0.39 is 18.6 Å². The van der Waals surface area contributed by atoms with Crippen LogP contribution in [0.5, 0.6) is 5.88 Å². The van der Waals surface area contributed by atoms with Gasteiger partial charge in [0.1, 0.15) is 28.9 Å². The van der Waals surface area contributed by atoms with Crippen LogP contribution in [0.25, 0.3) is 22.0 Å². The monoisotopic (exact) mass is 449 g/mol.